The van der Waals surface area contributed by atoms with E-state index in [-0.39, 0.29) is 65.4 Å². The number of carbonyl (C=O) groups excluding carboxylic acids is 10. The number of terminal acetylenes is 5. The monoisotopic (exact) mass is 2090 g/mol. The molecule has 6 aromatic heterocycles. The molecule has 5 saturated carbocycles. The van der Waals surface area contributed by atoms with Gasteiger partial charge in [-0.1, -0.05) is 254 Å². The van der Waals surface area contributed by atoms with Gasteiger partial charge in [0.2, 0.25) is 29.5 Å². The SMILES string of the molecule is C#CC(=O)N(c1ccc(-c2ccccc2)cc1)C(C(=O)NC1CCCCC1)c1cccs1.C#CC(=O)N(c1cccc(-c2ccccc2)c1)C(C(=O)NC1CCCCC1)c1cccs1.C#CC(=O)N(c1cccc(-c2cncnc2)c1)C(C(=O)NC1CCCCC1)c1cccs1.C#CC(=O)N(c1ccccc1C)C(C(=O)NC1CCCCC1)c1cccs1.C#CC(=O)N(c1ccccc1F)C(C(=O)NC1CCCCC1)c1cccs1. The number of nitrogens with zero attached hydrogens (tertiary/aromatic N) is 7. The van der Waals surface area contributed by atoms with Crippen molar-refractivity contribution in [2.45, 2.75) is 228 Å². The zero-order valence-corrected chi connectivity index (χ0v) is 87.8. The summed E-state index contributed by atoms with van der Waals surface area (Å²) in [4.78, 5) is 150. The largest absolute Gasteiger partial charge is 0.351 e. The van der Waals surface area contributed by atoms with Gasteiger partial charge in [0.1, 0.15) is 12.1 Å². The maximum absolute atomic E-state index is 14.5. The van der Waals surface area contributed by atoms with Crippen molar-refractivity contribution in [3.8, 4) is 95.1 Å². The van der Waals surface area contributed by atoms with Gasteiger partial charge in [-0.05, 0) is 246 Å². The van der Waals surface area contributed by atoms with Crippen LogP contribution in [0, 0.1) is 74.5 Å². The normalized spacial score (nSPS) is 15.1. The summed E-state index contributed by atoms with van der Waals surface area (Å²) in [6.07, 6.45) is 58.9. The van der Waals surface area contributed by atoms with Crippen LogP contribution in [0.4, 0.5) is 32.8 Å². The van der Waals surface area contributed by atoms with Crippen LogP contribution >= 0.6 is 56.7 Å². The van der Waals surface area contributed by atoms with Gasteiger partial charge in [-0.2, -0.15) is 0 Å². The summed E-state index contributed by atoms with van der Waals surface area (Å²) in [7, 11) is 0. The Bertz CT molecular complexity index is 6530. The van der Waals surface area contributed by atoms with Gasteiger partial charge in [0.05, 0.1) is 5.69 Å². The van der Waals surface area contributed by atoms with Crippen molar-refractivity contribution in [2.24, 2.45) is 0 Å². The zero-order valence-electron chi connectivity index (χ0n) is 83.7. The number of nitrogens with one attached hydrogen (secondary N) is 5. The van der Waals surface area contributed by atoms with E-state index >= 15 is 0 Å². The molecule has 5 aliphatic carbocycles. The summed E-state index contributed by atoms with van der Waals surface area (Å²) < 4.78 is 14.5. The summed E-state index contributed by atoms with van der Waals surface area (Å²) in [6, 6.07) is 70.8. The molecule has 18 rings (SSSR count). The number of amides is 10. The molecule has 13 aromatic rings. The number of halogens is 1. The highest BCUT2D eigenvalue weighted by Crippen LogP contribution is 2.42. The molecule has 0 aliphatic heterocycles. The van der Waals surface area contributed by atoms with Crippen LogP contribution in [-0.2, 0) is 47.9 Å². The first-order chi connectivity index (χ1) is 73.2. The second-order valence-corrected chi connectivity index (χ2v) is 42.0. The van der Waals surface area contributed by atoms with Crippen molar-refractivity contribution < 1.29 is 52.3 Å². The summed E-state index contributed by atoms with van der Waals surface area (Å²) in [5.41, 5.74) is 9.04. The lowest BCUT2D eigenvalue weighted by atomic mass is 9.95. The van der Waals surface area contributed by atoms with Gasteiger partial charge in [-0.15, -0.1) is 88.8 Å². The number of rotatable bonds is 28. The summed E-state index contributed by atoms with van der Waals surface area (Å²) >= 11 is 7.12. The van der Waals surface area contributed by atoms with E-state index in [4.69, 9.17) is 32.1 Å². The predicted octanol–water partition coefficient (Wildman–Crippen LogP) is 23.8. The molecular weight excluding hydrogens is 1970 g/mol. The van der Waals surface area contributed by atoms with Crippen LogP contribution in [0.5, 0.6) is 0 Å². The fraction of sp³-hybridized carbons (Fsp3) is 0.295. The lowest BCUT2D eigenvalue weighted by Gasteiger charge is -2.32. The number of carbonyl (C=O) groups is 10. The molecule has 0 saturated heterocycles. The quantitative estimate of drug-likeness (QED) is 0.0286. The third-order valence-corrected chi connectivity index (χ3v) is 31.7. The van der Waals surface area contributed by atoms with Crippen molar-refractivity contribution in [2.75, 3.05) is 24.5 Å². The average molecular weight is 2090 g/mol. The molecule has 10 amide bonds. The molecule has 28 heteroatoms. The molecule has 5 atom stereocenters. The van der Waals surface area contributed by atoms with Crippen molar-refractivity contribution >= 4 is 144 Å². The highest BCUT2D eigenvalue weighted by Gasteiger charge is 2.42. The maximum atomic E-state index is 14.5. The highest BCUT2D eigenvalue weighted by atomic mass is 32.1. The lowest BCUT2D eigenvalue weighted by molar-refractivity contribution is -0.126. The Kier molecular flexibility index (Phi) is 41.6. The van der Waals surface area contributed by atoms with E-state index in [1.807, 2.05) is 240 Å². The summed E-state index contributed by atoms with van der Waals surface area (Å²) in [5, 5.41) is 25.2. The molecular formula is C122H121FN12O10S5. The topological polar surface area (TPSA) is 273 Å². The molecule has 0 spiro atoms. The van der Waals surface area contributed by atoms with Crippen LogP contribution in [0.3, 0.4) is 0 Å². The molecule has 766 valence electrons. The van der Waals surface area contributed by atoms with Gasteiger partial charge < -0.3 is 26.6 Å². The minimum atomic E-state index is -1.01. The third-order valence-electron chi connectivity index (χ3n) is 27.1. The Balaban J connectivity index is 0.000000148. The van der Waals surface area contributed by atoms with Crippen LogP contribution in [0.2, 0.25) is 0 Å². The smallest absolute Gasteiger partial charge is 0.303 e. The number of para-hydroxylation sites is 2. The van der Waals surface area contributed by atoms with Crippen molar-refractivity contribution in [3.05, 3.63) is 324 Å². The van der Waals surface area contributed by atoms with E-state index in [0.717, 1.165) is 198 Å². The predicted molar refractivity (Wildman–Crippen MR) is 601 cm³/mol. The van der Waals surface area contributed by atoms with Gasteiger partial charge >= 0.3 is 29.5 Å². The molecule has 22 nitrogen and oxygen atoms in total. The summed E-state index contributed by atoms with van der Waals surface area (Å²) in [6.45, 7) is 1.91. The Morgan fingerprint density at radius 1 is 0.280 bits per heavy atom. The van der Waals surface area contributed by atoms with Crippen LogP contribution < -0.4 is 51.1 Å². The van der Waals surface area contributed by atoms with Crippen LogP contribution in [0.15, 0.2) is 288 Å². The first-order valence-electron chi connectivity index (χ1n) is 50.9. The minimum absolute atomic E-state index is 0.00218. The van der Waals surface area contributed by atoms with Gasteiger partial charge in [0, 0.05) is 95.3 Å². The molecule has 6 heterocycles. The Labute approximate surface area is 898 Å². The van der Waals surface area contributed by atoms with E-state index in [1.54, 1.807) is 36.7 Å². The van der Waals surface area contributed by atoms with E-state index < -0.39 is 65.6 Å². The zero-order chi connectivity index (χ0) is 105. The maximum Gasteiger partial charge on any atom is 0.303 e. The van der Waals surface area contributed by atoms with Gasteiger partial charge in [0.25, 0.3) is 0 Å². The first kappa shape index (κ1) is 110. The summed E-state index contributed by atoms with van der Waals surface area (Å²) in [5.74, 6) is 6.32. The lowest BCUT2D eigenvalue weighted by Crippen LogP contribution is -2.47. The standard InChI is InChI=1S/2C27H26N2O2S.C25H24N4O2S.C22H24N2O2S.C21H21FN2O2S/c1-2-25(30)29(23-16-9-13-21(19-23)20-11-5-3-6-12-20)26(24-17-10-18-32-24)27(31)28-22-14-7-4-8-15-22;1-2-25(30)29(23-17-15-21(16-18-23)20-10-5-3-6-11-20)26(24-14-9-19-32-24)27(31)28-22-12-7-4-8-13-22;1-2-23(30)29(21-11-6-8-18(14-21)19-15-26-17-27-16-19)24(22-12-7-13-32-22)25(31)28-20-9-4-3-5-10-20;1-3-20(25)24(18-13-8-7-10-16(18)2)21(19-14-9-15-27-19)22(26)23-17-11-5-4-6-12-17;1-2-19(25)24(17-12-7-6-11-16(17)22)20(18-13-8-14-27-18)21(26)23-15-9-4-3-5-10-15/h1,3,5-6,9-13,16-19,22,26H,4,7-8,14-15H2,(H,28,31);1,3,5-6,9-11,14-19,22,26H,4,7-8,12-13H2,(H,28,31);1,6-8,11-17,20,24H,3-5,9-10H2,(H,28,31);1,7-10,13-15,17,21H,4-6,11-12H2,2H3,(H,23,26);1,6-8,11-15,20H,3-5,9-10H2,(H,23,26). The van der Waals surface area contributed by atoms with Crippen molar-refractivity contribution in [1.29, 1.82) is 0 Å². The minimum Gasteiger partial charge on any atom is -0.351 e. The molecule has 5 N–H and O–H groups in total. The fourth-order valence-electron chi connectivity index (χ4n) is 19.6. The second-order valence-electron chi connectivity index (χ2n) is 37.1. The van der Waals surface area contributed by atoms with Gasteiger partial charge in [-0.25, -0.2) is 14.4 Å². The van der Waals surface area contributed by atoms with Crippen LogP contribution in [-0.4, -0.2) is 99.2 Å². The number of aromatic nitrogens is 2. The number of benzene rings is 7. The average Bonchev–Trinajstić information content (AvgIpc) is 1.39. The Morgan fingerprint density at radius 2 is 0.540 bits per heavy atom. The molecule has 0 bridgehead atoms. The number of thiophene rings is 5. The second kappa shape index (κ2) is 56.6. The first-order valence-corrected chi connectivity index (χ1v) is 55.3. The number of hydrogen-bond acceptors (Lipinski definition) is 17. The molecule has 5 aliphatic rings. The highest BCUT2D eigenvalue weighted by molar-refractivity contribution is 7.11. The van der Waals surface area contributed by atoms with Crippen molar-refractivity contribution in [1.82, 2.24) is 36.6 Å². The van der Waals surface area contributed by atoms with Gasteiger partial charge in [0.15, 0.2) is 30.2 Å². The third kappa shape index (κ3) is 29.8. The van der Waals surface area contributed by atoms with Gasteiger partial charge in [-0.3, -0.25) is 72.4 Å². The van der Waals surface area contributed by atoms with E-state index in [1.165, 1.54) is 126 Å². The number of anilines is 5. The fourth-order valence-corrected chi connectivity index (χ4v) is 23.7. The Hall–Kier alpha value is -15.5. The Morgan fingerprint density at radius 3 is 0.847 bits per heavy atom. The molecule has 0 radical (unpaired) electrons. The van der Waals surface area contributed by atoms with E-state index in [0.29, 0.717) is 27.6 Å². The van der Waals surface area contributed by atoms with Crippen molar-refractivity contribution in [3.63, 3.8) is 0 Å². The number of hydrogen-bond donors (Lipinski definition) is 5. The van der Waals surface area contributed by atoms with Crippen LogP contribution in [0.1, 0.15) is 221 Å². The molecule has 5 unspecified atom stereocenters. The van der Waals surface area contributed by atoms with E-state index in [9.17, 15) is 52.3 Å². The van der Waals surface area contributed by atoms with E-state index in [2.05, 4.69) is 60.2 Å². The molecule has 150 heavy (non-hydrogen) atoms. The molecule has 5 fully saturated rings. The molecule has 7 aromatic carbocycles. The van der Waals surface area contributed by atoms with Crippen LogP contribution in [0.25, 0.3) is 33.4 Å². The number of aryl methyl sites for hydroxylation is 1.